The summed E-state index contributed by atoms with van der Waals surface area (Å²) < 4.78 is 0. The molecule has 7 nitrogen and oxygen atoms in total. The summed E-state index contributed by atoms with van der Waals surface area (Å²) in [5.74, 6) is 1.75. The highest BCUT2D eigenvalue weighted by molar-refractivity contribution is 5.75. The van der Waals surface area contributed by atoms with E-state index in [-0.39, 0.29) is 0 Å². The Balaban J connectivity index is 1.75. The van der Waals surface area contributed by atoms with Crippen LogP contribution in [0.4, 0.5) is 17.3 Å². The van der Waals surface area contributed by atoms with Crippen molar-refractivity contribution >= 4 is 17.3 Å². The summed E-state index contributed by atoms with van der Waals surface area (Å²) in [5, 5.41) is 0. The highest BCUT2D eigenvalue weighted by atomic mass is 15.3. The van der Waals surface area contributed by atoms with E-state index >= 15 is 0 Å². The molecular weight excluding hydrogens is 314 g/mol. The first-order valence-electron chi connectivity index (χ1n) is 9.40. The third kappa shape index (κ3) is 3.98. The van der Waals surface area contributed by atoms with Crippen molar-refractivity contribution in [3.63, 3.8) is 0 Å². The number of rotatable bonds is 4. The van der Waals surface area contributed by atoms with Crippen molar-refractivity contribution in [3.05, 3.63) is 6.33 Å². The Morgan fingerprint density at radius 3 is 1.56 bits per heavy atom. The second-order valence-corrected chi connectivity index (χ2v) is 7.73. The maximum Gasteiger partial charge on any atom is 0.157 e. The largest absolute Gasteiger partial charge is 0.393 e. The standard InChI is InChI=1S/C18H33N7/c1-22-9-5-14(6-10-22)24(3)17-16(19)18(21-13-20-17)25(4)15-7-11-23(2)12-8-15/h13-15H,5-12,19H2,1-4H3. The minimum atomic E-state index is 0.495. The molecule has 2 fully saturated rings. The first-order valence-corrected chi connectivity index (χ1v) is 9.40. The van der Waals surface area contributed by atoms with Gasteiger partial charge in [-0.1, -0.05) is 0 Å². The monoisotopic (exact) mass is 347 g/mol. The van der Waals surface area contributed by atoms with Gasteiger partial charge in [0, 0.05) is 26.2 Å². The summed E-state index contributed by atoms with van der Waals surface area (Å²) in [4.78, 5) is 18.3. The molecule has 1 aromatic rings. The smallest absolute Gasteiger partial charge is 0.157 e. The number of aromatic nitrogens is 2. The van der Waals surface area contributed by atoms with Gasteiger partial charge in [-0.15, -0.1) is 0 Å². The average molecular weight is 348 g/mol. The molecule has 0 atom stereocenters. The fourth-order valence-electron chi connectivity index (χ4n) is 4.05. The van der Waals surface area contributed by atoms with Crippen molar-refractivity contribution in [2.75, 3.05) is 69.9 Å². The molecule has 1 aromatic heterocycles. The zero-order valence-electron chi connectivity index (χ0n) is 16.1. The van der Waals surface area contributed by atoms with Crippen molar-refractivity contribution < 1.29 is 0 Å². The second kappa shape index (κ2) is 7.74. The maximum atomic E-state index is 6.52. The Morgan fingerprint density at radius 1 is 0.840 bits per heavy atom. The molecule has 0 spiro atoms. The van der Waals surface area contributed by atoms with E-state index in [9.17, 15) is 0 Å². The van der Waals surface area contributed by atoms with Gasteiger partial charge in [0.05, 0.1) is 0 Å². The topological polar surface area (TPSA) is 64.8 Å². The van der Waals surface area contributed by atoms with Crippen LogP contribution >= 0.6 is 0 Å². The lowest BCUT2D eigenvalue weighted by molar-refractivity contribution is 0.252. The number of nitrogens with two attached hydrogens (primary N) is 1. The minimum absolute atomic E-state index is 0.495. The van der Waals surface area contributed by atoms with E-state index in [0.717, 1.165) is 63.5 Å². The van der Waals surface area contributed by atoms with Crippen LogP contribution in [0.3, 0.4) is 0 Å². The van der Waals surface area contributed by atoms with E-state index in [4.69, 9.17) is 5.73 Å². The molecule has 0 aliphatic carbocycles. The number of hydrogen-bond donors (Lipinski definition) is 1. The fourth-order valence-corrected chi connectivity index (χ4v) is 4.05. The van der Waals surface area contributed by atoms with Gasteiger partial charge in [-0.3, -0.25) is 0 Å². The van der Waals surface area contributed by atoms with E-state index in [1.807, 2.05) is 0 Å². The van der Waals surface area contributed by atoms with Gasteiger partial charge in [-0.25, -0.2) is 9.97 Å². The lowest BCUT2D eigenvalue weighted by Crippen LogP contribution is -2.43. The molecule has 0 radical (unpaired) electrons. The van der Waals surface area contributed by atoms with Crippen molar-refractivity contribution in [3.8, 4) is 0 Å². The van der Waals surface area contributed by atoms with E-state index in [1.165, 1.54) is 0 Å². The molecule has 2 aliphatic heterocycles. The normalized spacial score (nSPS) is 21.4. The number of piperidine rings is 2. The zero-order chi connectivity index (χ0) is 18.0. The third-order valence-corrected chi connectivity index (χ3v) is 5.98. The second-order valence-electron chi connectivity index (χ2n) is 7.73. The molecule has 0 saturated carbocycles. The fraction of sp³-hybridized carbons (Fsp3) is 0.778. The van der Waals surface area contributed by atoms with Gasteiger partial charge in [0.15, 0.2) is 11.6 Å². The van der Waals surface area contributed by atoms with E-state index in [0.29, 0.717) is 17.8 Å². The Bertz CT molecular complexity index is 516. The van der Waals surface area contributed by atoms with Crippen LogP contribution in [0, 0.1) is 0 Å². The lowest BCUT2D eigenvalue weighted by atomic mass is 10.0. The van der Waals surface area contributed by atoms with Crippen molar-refractivity contribution in [2.45, 2.75) is 37.8 Å². The van der Waals surface area contributed by atoms with Gasteiger partial charge in [0.25, 0.3) is 0 Å². The van der Waals surface area contributed by atoms with Gasteiger partial charge in [0.1, 0.15) is 12.0 Å². The molecule has 2 aliphatic rings. The number of likely N-dealkylation sites (tertiary alicyclic amines) is 2. The first kappa shape index (κ1) is 18.2. The van der Waals surface area contributed by atoms with Gasteiger partial charge in [-0.2, -0.15) is 0 Å². The average Bonchev–Trinajstić information content (AvgIpc) is 2.62. The van der Waals surface area contributed by atoms with Crippen LogP contribution in [0.25, 0.3) is 0 Å². The summed E-state index contributed by atoms with van der Waals surface area (Å²) >= 11 is 0. The van der Waals surface area contributed by atoms with Crippen molar-refractivity contribution in [1.29, 1.82) is 0 Å². The predicted octanol–water partition coefficient (Wildman–Crippen LogP) is 1.12. The summed E-state index contributed by atoms with van der Waals surface area (Å²) in [6.07, 6.45) is 6.26. The first-order chi connectivity index (χ1) is 12.0. The molecule has 0 amide bonds. The summed E-state index contributed by atoms with van der Waals surface area (Å²) in [6, 6.07) is 0.991. The number of nitrogens with zero attached hydrogens (tertiary/aromatic N) is 6. The molecule has 25 heavy (non-hydrogen) atoms. The van der Waals surface area contributed by atoms with Crippen LogP contribution in [-0.4, -0.2) is 86.2 Å². The number of anilines is 3. The van der Waals surface area contributed by atoms with Gasteiger partial charge >= 0.3 is 0 Å². The van der Waals surface area contributed by atoms with Crippen LogP contribution < -0.4 is 15.5 Å². The SMILES string of the molecule is CN1CCC(N(C)c2ncnc(N(C)C3CCN(C)CC3)c2N)CC1. The van der Waals surface area contributed by atoms with Crippen LogP contribution in [0.15, 0.2) is 6.33 Å². The van der Waals surface area contributed by atoms with Crippen LogP contribution in [0.2, 0.25) is 0 Å². The predicted molar refractivity (Wildman–Crippen MR) is 104 cm³/mol. The molecule has 2 N–H and O–H groups in total. The Morgan fingerprint density at radius 2 is 1.20 bits per heavy atom. The molecule has 7 heteroatoms. The van der Waals surface area contributed by atoms with E-state index in [2.05, 4.69) is 57.8 Å². The van der Waals surface area contributed by atoms with E-state index in [1.54, 1.807) is 6.33 Å². The molecule has 3 rings (SSSR count). The highest BCUT2D eigenvalue weighted by Gasteiger charge is 2.27. The van der Waals surface area contributed by atoms with Gasteiger partial charge in [0.2, 0.25) is 0 Å². The summed E-state index contributed by atoms with van der Waals surface area (Å²) in [7, 11) is 8.61. The molecule has 0 bridgehead atoms. The third-order valence-electron chi connectivity index (χ3n) is 5.98. The quantitative estimate of drug-likeness (QED) is 0.875. The minimum Gasteiger partial charge on any atom is -0.393 e. The maximum absolute atomic E-state index is 6.52. The Hall–Kier alpha value is -1.60. The molecule has 0 unspecified atom stereocenters. The van der Waals surface area contributed by atoms with E-state index < -0.39 is 0 Å². The molecular formula is C18H33N7. The zero-order valence-corrected chi connectivity index (χ0v) is 16.1. The van der Waals surface area contributed by atoms with Crippen LogP contribution in [0.5, 0.6) is 0 Å². The Labute approximate surface area is 151 Å². The van der Waals surface area contributed by atoms with Gasteiger partial charge in [-0.05, 0) is 66.0 Å². The molecule has 140 valence electrons. The van der Waals surface area contributed by atoms with Gasteiger partial charge < -0.3 is 25.3 Å². The summed E-state index contributed by atoms with van der Waals surface area (Å²) in [5.41, 5.74) is 7.24. The Kier molecular flexibility index (Phi) is 5.64. The summed E-state index contributed by atoms with van der Waals surface area (Å²) in [6.45, 7) is 4.51. The van der Waals surface area contributed by atoms with Crippen molar-refractivity contribution in [1.82, 2.24) is 19.8 Å². The van der Waals surface area contributed by atoms with Crippen LogP contribution in [0.1, 0.15) is 25.7 Å². The highest BCUT2D eigenvalue weighted by Crippen LogP contribution is 2.32. The van der Waals surface area contributed by atoms with Crippen LogP contribution in [-0.2, 0) is 0 Å². The van der Waals surface area contributed by atoms with Crippen molar-refractivity contribution in [2.24, 2.45) is 0 Å². The molecule has 3 heterocycles. The molecule has 0 aromatic carbocycles. The molecule has 2 saturated heterocycles. The number of hydrogen-bond acceptors (Lipinski definition) is 7. The number of nitrogen functional groups attached to an aromatic ring is 1. The lowest BCUT2D eigenvalue weighted by Gasteiger charge is -2.38.